The van der Waals surface area contributed by atoms with Crippen LogP contribution in [0.2, 0.25) is 0 Å². The lowest BCUT2D eigenvalue weighted by atomic mass is 10.0. The number of carbonyl (C=O) groups is 2. The molecule has 3 aromatic rings. The zero-order valence-corrected chi connectivity index (χ0v) is 18.3. The molecule has 2 amide bonds. The van der Waals surface area contributed by atoms with E-state index >= 15 is 0 Å². The van der Waals surface area contributed by atoms with Crippen molar-refractivity contribution < 1.29 is 14.0 Å². The van der Waals surface area contributed by atoms with Gasteiger partial charge in [0, 0.05) is 42.1 Å². The number of amides is 2. The summed E-state index contributed by atoms with van der Waals surface area (Å²) < 4.78 is 13.9. The third kappa shape index (κ3) is 5.38. The molecule has 1 atom stereocenters. The van der Waals surface area contributed by atoms with Crippen molar-refractivity contribution in [2.45, 2.75) is 31.8 Å². The number of nitrogens with zero attached hydrogens (tertiary/aromatic N) is 1. The van der Waals surface area contributed by atoms with Crippen LogP contribution < -0.4 is 21.3 Å². The number of nitrogens with one attached hydrogen (secondary N) is 2. The van der Waals surface area contributed by atoms with Crippen LogP contribution in [0.25, 0.3) is 0 Å². The first kappa shape index (κ1) is 22.5. The fraction of sp³-hybridized carbons (Fsp3) is 0.231. The molecular formula is C26H27FN4O2. The lowest BCUT2D eigenvalue weighted by Gasteiger charge is -2.27. The Bertz CT molecular complexity index is 1120. The van der Waals surface area contributed by atoms with Gasteiger partial charge in [0.15, 0.2) is 0 Å². The Labute approximate surface area is 192 Å². The summed E-state index contributed by atoms with van der Waals surface area (Å²) in [4.78, 5) is 27.2. The van der Waals surface area contributed by atoms with Crippen molar-refractivity contribution in [2.24, 2.45) is 5.73 Å². The lowest BCUT2D eigenvalue weighted by molar-refractivity contribution is -0.119. The molecule has 33 heavy (non-hydrogen) atoms. The van der Waals surface area contributed by atoms with E-state index in [2.05, 4.69) is 10.6 Å². The first-order valence-electron chi connectivity index (χ1n) is 11.1. The summed E-state index contributed by atoms with van der Waals surface area (Å²) in [5.41, 5.74) is 8.81. The number of anilines is 3. The lowest BCUT2D eigenvalue weighted by Crippen LogP contribution is -2.35. The van der Waals surface area contributed by atoms with Gasteiger partial charge < -0.3 is 21.3 Å². The Hall–Kier alpha value is -3.71. The van der Waals surface area contributed by atoms with Crippen LogP contribution in [0.15, 0.2) is 72.8 Å². The molecule has 6 nitrogen and oxygen atoms in total. The number of rotatable bonds is 7. The Balaban J connectivity index is 1.52. The monoisotopic (exact) mass is 446 g/mol. The zero-order valence-electron chi connectivity index (χ0n) is 18.3. The van der Waals surface area contributed by atoms with E-state index in [9.17, 15) is 14.0 Å². The number of carbonyl (C=O) groups excluding carboxylic acids is 2. The molecule has 1 aliphatic heterocycles. The number of benzene rings is 3. The molecule has 0 aromatic heterocycles. The van der Waals surface area contributed by atoms with Crippen LogP contribution in [-0.4, -0.2) is 18.4 Å². The Morgan fingerprint density at radius 1 is 1.00 bits per heavy atom. The van der Waals surface area contributed by atoms with Crippen LogP contribution in [0.4, 0.5) is 21.5 Å². The first-order valence-corrected chi connectivity index (χ1v) is 11.1. The molecule has 1 unspecified atom stereocenters. The summed E-state index contributed by atoms with van der Waals surface area (Å²) in [6.45, 7) is 0.780. The molecular weight excluding hydrogens is 419 g/mol. The molecule has 1 aliphatic rings. The molecule has 0 radical (unpaired) electrons. The maximum atomic E-state index is 13.9. The maximum Gasteiger partial charge on any atom is 0.251 e. The van der Waals surface area contributed by atoms with Gasteiger partial charge in [0.25, 0.3) is 5.91 Å². The standard InChI is InChI=1S/C26H27FN4O2/c27-23-14-11-21(16-19(23)17-28)29-25(18-6-2-1-3-7-18)26(33)30-20-9-12-22(13-10-20)31-15-5-4-8-24(31)32/h1-3,6-7,9-14,16,25,29H,4-5,8,15,17,28H2,(H,30,33). The van der Waals surface area contributed by atoms with Crippen LogP contribution >= 0.6 is 0 Å². The topological polar surface area (TPSA) is 87.5 Å². The molecule has 3 aromatic carbocycles. The minimum Gasteiger partial charge on any atom is -0.370 e. The van der Waals surface area contributed by atoms with E-state index < -0.39 is 6.04 Å². The number of hydrogen-bond acceptors (Lipinski definition) is 4. The molecule has 7 heteroatoms. The van der Waals surface area contributed by atoms with Gasteiger partial charge >= 0.3 is 0 Å². The van der Waals surface area contributed by atoms with Crippen molar-refractivity contribution in [3.8, 4) is 0 Å². The minimum absolute atomic E-state index is 0.0649. The summed E-state index contributed by atoms with van der Waals surface area (Å²) in [6, 6.07) is 20.4. The average molecular weight is 447 g/mol. The van der Waals surface area contributed by atoms with Crippen LogP contribution in [-0.2, 0) is 16.1 Å². The normalized spacial score (nSPS) is 14.6. The first-order chi connectivity index (χ1) is 16.0. The van der Waals surface area contributed by atoms with Gasteiger partial charge in [0.2, 0.25) is 5.91 Å². The van der Waals surface area contributed by atoms with Crippen molar-refractivity contribution in [1.82, 2.24) is 0 Å². The number of piperidine rings is 1. The van der Waals surface area contributed by atoms with E-state index in [0.29, 0.717) is 29.9 Å². The van der Waals surface area contributed by atoms with Gasteiger partial charge in [-0.05, 0) is 60.9 Å². The fourth-order valence-corrected chi connectivity index (χ4v) is 3.95. The van der Waals surface area contributed by atoms with Gasteiger partial charge in [-0.1, -0.05) is 30.3 Å². The van der Waals surface area contributed by atoms with Crippen molar-refractivity contribution in [1.29, 1.82) is 0 Å². The van der Waals surface area contributed by atoms with Gasteiger partial charge in [-0.3, -0.25) is 9.59 Å². The number of hydrogen-bond donors (Lipinski definition) is 3. The largest absolute Gasteiger partial charge is 0.370 e. The van der Waals surface area contributed by atoms with Crippen LogP contribution in [0.3, 0.4) is 0 Å². The van der Waals surface area contributed by atoms with Gasteiger partial charge in [0.1, 0.15) is 11.9 Å². The Kier molecular flexibility index (Phi) is 7.00. The molecule has 1 fully saturated rings. The fourth-order valence-electron chi connectivity index (χ4n) is 3.95. The molecule has 170 valence electrons. The predicted molar refractivity (Wildman–Crippen MR) is 128 cm³/mol. The van der Waals surface area contributed by atoms with Crippen molar-refractivity contribution in [2.75, 3.05) is 22.1 Å². The molecule has 1 saturated heterocycles. The van der Waals surface area contributed by atoms with Crippen LogP contribution in [0.5, 0.6) is 0 Å². The summed E-state index contributed by atoms with van der Waals surface area (Å²) in [5, 5.41) is 6.14. The zero-order chi connectivity index (χ0) is 23.2. The quantitative estimate of drug-likeness (QED) is 0.495. The van der Waals surface area contributed by atoms with E-state index in [0.717, 1.165) is 24.1 Å². The molecule has 4 rings (SSSR count). The summed E-state index contributed by atoms with van der Waals surface area (Å²) >= 11 is 0. The van der Waals surface area contributed by atoms with Gasteiger partial charge in [-0.25, -0.2) is 4.39 Å². The van der Waals surface area contributed by atoms with Crippen molar-refractivity contribution in [3.63, 3.8) is 0 Å². The molecule has 0 aliphatic carbocycles. The van der Waals surface area contributed by atoms with Gasteiger partial charge in [-0.15, -0.1) is 0 Å². The summed E-state index contributed by atoms with van der Waals surface area (Å²) in [7, 11) is 0. The second-order valence-electron chi connectivity index (χ2n) is 8.04. The highest BCUT2D eigenvalue weighted by Crippen LogP contribution is 2.26. The average Bonchev–Trinajstić information content (AvgIpc) is 2.85. The third-order valence-corrected chi connectivity index (χ3v) is 5.74. The molecule has 4 N–H and O–H groups in total. The highest BCUT2D eigenvalue weighted by atomic mass is 19.1. The number of halogens is 1. The number of nitrogens with two attached hydrogens (primary N) is 1. The summed E-state index contributed by atoms with van der Waals surface area (Å²) in [5.74, 6) is -0.514. The molecule has 0 spiro atoms. The smallest absolute Gasteiger partial charge is 0.251 e. The SMILES string of the molecule is NCc1cc(NC(C(=O)Nc2ccc(N3CCCCC3=O)cc2)c2ccccc2)ccc1F. The van der Waals surface area contributed by atoms with E-state index in [1.54, 1.807) is 29.2 Å². The predicted octanol–water partition coefficient (Wildman–Crippen LogP) is 4.59. The van der Waals surface area contributed by atoms with E-state index in [4.69, 9.17) is 5.73 Å². The van der Waals surface area contributed by atoms with Crippen molar-refractivity contribution >= 4 is 28.9 Å². The second kappa shape index (κ2) is 10.3. The van der Waals surface area contributed by atoms with E-state index in [1.807, 2.05) is 42.5 Å². The highest BCUT2D eigenvalue weighted by Gasteiger charge is 2.22. The van der Waals surface area contributed by atoms with Crippen LogP contribution in [0.1, 0.15) is 36.4 Å². The summed E-state index contributed by atoms with van der Waals surface area (Å²) in [6.07, 6.45) is 2.49. The molecule has 0 saturated carbocycles. The van der Waals surface area contributed by atoms with E-state index in [-0.39, 0.29) is 24.2 Å². The maximum absolute atomic E-state index is 13.9. The Morgan fingerprint density at radius 2 is 1.73 bits per heavy atom. The Morgan fingerprint density at radius 3 is 2.42 bits per heavy atom. The van der Waals surface area contributed by atoms with Gasteiger partial charge in [-0.2, -0.15) is 0 Å². The molecule has 0 bridgehead atoms. The van der Waals surface area contributed by atoms with E-state index in [1.165, 1.54) is 6.07 Å². The van der Waals surface area contributed by atoms with Crippen LogP contribution in [0, 0.1) is 5.82 Å². The minimum atomic E-state index is -0.703. The third-order valence-electron chi connectivity index (χ3n) is 5.74. The van der Waals surface area contributed by atoms with Gasteiger partial charge in [0.05, 0.1) is 0 Å². The molecule has 1 heterocycles. The second-order valence-corrected chi connectivity index (χ2v) is 8.04. The van der Waals surface area contributed by atoms with Crippen molar-refractivity contribution in [3.05, 3.63) is 89.7 Å². The highest BCUT2D eigenvalue weighted by molar-refractivity contribution is 5.98.